The van der Waals surface area contributed by atoms with E-state index in [-0.39, 0.29) is 0 Å². The molecule has 14 heavy (non-hydrogen) atoms. The van der Waals surface area contributed by atoms with Crippen LogP contribution in [-0.2, 0) is 4.79 Å². The number of carboxylic acids is 1. The third-order valence-corrected chi connectivity index (χ3v) is 13.4. The van der Waals surface area contributed by atoms with Crippen LogP contribution in [0.3, 0.4) is 0 Å². The molecule has 0 aliphatic carbocycles. The van der Waals surface area contributed by atoms with Crippen molar-refractivity contribution in [3.05, 3.63) is 0 Å². The van der Waals surface area contributed by atoms with Crippen molar-refractivity contribution < 1.29 is 9.90 Å². The van der Waals surface area contributed by atoms with Gasteiger partial charge in [0.2, 0.25) is 0 Å². The van der Waals surface area contributed by atoms with E-state index in [1.807, 2.05) is 0 Å². The van der Waals surface area contributed by atoms with Crippen molar-refractivity contribution in [3.8, 4) is 0 Å². The molecule has 0 aromatic heterocycles. The van der Waals surface area contributed by atoms with E-state index in [0.717, 1.165) is 18.7 Å². The fraction of sp³-hybridized carbons (Fsp3) is 0.909. The van der Waals surface area contributed by atoms with Gasteiger partial charge in [-0.05, 0) is 0 Å². The molecule has 0 fully saturated rings. The number of aliphatic carboxylic acids is 1. The Labute approximate surface area is 95.8 Å². The van der Waals surface area contributed by atoms with Gasteiger partial charge in [0, 0.05) is 6.92 Å². The van der Waals surface area contributed by atoms with Crippen LogP contribution in [0.5, 0.6) is 0 Å². The van der Waals surface area contributed by atoms with Crippen LogP contribution in [0.25, 0.3) is 0 Å². The quantitative estimate of drug-likeness (QED) is 0.805. The van der Waals surface area contributed by atoms with Crippen LogP contribution in [0, 0.1) is 0 Å². The van der Waals surface area contributed by atoms with Gasteiger partial charge in [-0.15, -0.1) is 0 Å². The topological polar surface area (TPSA) is 37.3 Å². The Hall–Kier alpha value is 0.269. The van der Waals surface area contributed by atoms with Crippen LogP contribution in [0.1, 0.15) is 48.5 Å². The SMILES string of the molecule is CC(=O)O.C[CH](C)[Sn]([CH](C)C)[CH](C)C. The van der Waals surface area contributed by atoms with Crippen molar-refractivity contribution in [2.75, 3.05) is 0 Å². The van der Waals surface area contributed by atoms with Crippen molar-refractivity contribution in [3.63, 3.8) is 0 Å². The summed E-state index contributed by atoms with van der Waals surface area (Å²) in [6.45, 7) is 15.6. The van der Waals surface area contributed by atoms with Crippen molar-refractivity contribution >= 4 is 25.7 Å². The maximum atomic E-state index is 9.00. The summed E-state index contributed by atoms with van der Waals surface area (Å²) in [6.07, 6.45) is 0. The van der Waals surface area contributed by atoms with Crippen LogP contribution in [0.15, 0.2) is 0 Å². The van der Waals surface area contributed by atoms with E-state index in [1.54, 1.807) is 0 Å². The van der Waals surface area contributed by atoms with Crippen molar-refractivity contribution in [2.45, 2.75) is 60.3 Å². The van der Waals surface area contributed by atoms with Gasteiger partial charge >= 0.3 is 73.1 Å². The molecule has 0 atom stereocenters. The molecule has 0 aliphatic heterocycles. The fourth-order valence-electron chi connectivity index (χ4n) is 2.00. The molecule has 0 amide bonds. The Kier molecular flexibility index (Phi) is 10.2. The van der Waals surface area contributed by atoms with Crippen LogP contribution in [0.2, 0.25) is 11.8 Å². The monoisotopic (exact) mass is 309 g/mol. The Balaban J connectivity index is 0. The summed E-state index contributed by atoms with van der Waals surface area (Å²) < 4.78 is 3.09. The molecule has 3 heteroatoms. The molecular formula is C11H25O2Sn. The van der Waals surface area contributed by atoms with Crippen LogP contribution in [0.4, 0.5) is 0 Å². The van der Waals surface area contributed by atoms with E-state index in [1.165, 1.54) is 0 Å². The summed E-state index contributed by atoms with van der Waals surface area (Å²) in [5, 5.41) is 7.42. The van der Waals surface area contributed by atoms with Gasteiger partial charge in [0.1, 0.15) is 0 Å². The van der Waals surface area contributed by atoms with E-state index < -0.39 is 25.7 Å². The van der Waals surface area contributed by atoms with Crippen molar-refractivity contribution in [1.82, 2.24) is 0 Å². The molecule has 85 valence electrons. The second-order valence-electron chi connectivity index (χ2n) is 4.48. The zero-order chi connectivity index (χ0) is 11.9. The van der Waals surface area contributed by atoms with E-state index in [0.29, 0.717) is 0 Å². The standard InChI is InChI=1S/3C3H7.C2H4O2.Sn/c3*1-3-2;1-2(3)4;/h3*3H,1-2H3;1H3,(H,3,4);. The van der Waals surface area contributed by atoms with Gasteiger partial charge in [-0.1, -0.05) is 0 Å². The number of hydrogen-bond donors (Lipinski definition) is 1. The summed E-state index contributed by atoms with van der Waals surface area (Å²) in [5.74, 6) is -0.833. The van der Waals surface area contributed by atoms with Gasteiger partial charge in [0.05, 0.1) is 0 Å². The van der Waals surface area contributed by atoms with Crippen LogP contribution >= 0.6 is 0 Å². The van der Waals surface area contributed by atoms with Gasteiger partial charge in [-0.25, -0.2) is 0 Å². The number of carbonyl (C=O) groups is 1. The molecule has 0 saturated carbocycles. The zero-order valence-corrected chi connectivity index (χ0v) is 13.4. The normalized spacial score (nSPS) is 10.8. The molecule has 0 bridgehead atoms. The molecule has 0 aromatic rings. The third kappa shape index (κ3) is 10.4. The zero-order valence-electron chi connectivity index (χ0n) is 10.6. The van der Waals surface area contributed by atoms with Crippen molar-refractivity contribution in [2.24, 2.45) is 0 Å². The maximum absolute atomic E-state index is 9.00. The molecule has 1 radical (unpaired) electrons. The van der Waals surface area contributed by atoms with E-state index >= 15 is 0 Å². The number of carboxylic acid groups (broad SMARTS) is 1. The minimum absolute atomic E-state index is 0.833. The first-order valence-corrected chi connectivity index (χ1v) is 10.2. The van der Waals surface area contributed by atoms with Crippen molar-refractivity contribution in [1.29, 1.82) is 0 Å². The Bertz CT molecular complexity index is 130. The predicted octanol–water partition coefficient (Wildman–Crippen LogP) is 3.80. The summed E-state index contributed by atoms with van der Waals surface area (Å²) in [4.78, 5) is 9.00. The fourth-order valence-corrected chi connectivity index (χ4v) is 13.4. The second kappa shape index (κ2) is 8.57. The number of hydrogen-bond acceptors (Lipinski definition) is 1. The second-order valence-corrected chi connectivity index (χ2v) is 17.2. The Morgan fingerprint density at radius 2 is 1.07 bits per heavy atom. The first kappa shape index (κ1) is 16.7. The molecule has 0 spiro atoms. The molecule has 1 N–H and O–H groups in total. The van der Waals surface area contributed by atoms with Crippen LogP contribution < -0.4 is 0 Å². The predicted molar refractivity (Wildman–Crippen MR) is 64.4 cm³/mol. The number of rotatable bonds is 3. The first-order chi connectivity index (χ1) is 6.20. The average molecular weight is 308 g/mol. The Morgan fingerprint density at radius 1 is 0.929 bits per heavy atom. The molecule has 0 aromatic carbocycles. The van der Waals surface area contributed by atoms with E-state index in [9.17, 15) is 0 Å². The van der Waals surface area contributed by atoms with Gasteiger partial charge in [-0.2, -0.15) is 0 Å². The summed E-state index contributed by atoms with van der Waals surface area (Å²) in [6, 6.07) is 0. The molecule has 2 nitrogen and oxygen atoms in total. The van der Waals surface area contributed by atoms with Gasteiger partial charge in [0.15, 0.2) is 0 Å². The summed E-state index contributed by atoms with van der Waals surface area (Å²) in [7, 11) is 0. The molecule has 0 unspecified atom stereocenters. The molecule has 0 heterocycles. The average Bonchev–Trinajstić information content (AvgIpc) is 1.80. The van der Waals surface area contributed by atoms with E-state index in [2.05, 4.69) is 41.5 Å². The summed E-state index contributed by atoms with van der Waals surface area (Å²) in [5.41, 5.74) is 0. The molecule has 0 aliphatic rings. The van der Waals surface area contributed by atoms with E-state index in [4.69, 9.17) is 9.90 Å². The van der Waals surface area contributed by atoms with Gasteiger partial charge in [-0.3, -0.25) is 4.79 Å². The molecular weight excluding hydrogens is 283 g/mol. The van der Waals surface area contributed by atoms with Crippen LogP contribution in [-0.4, -0.2) is 30.8 Å². The molecule has 0 rings (SSSR count). The summed E-state index contributed by atoms with van der Waals surface area (Å²) >= 11 is -1.01. The van der Waals surface area contributed by atoms with Gasteiger partial charge < -0.3 is 5.11 Å². The minimum atomic E-state index is -1.01. The third-order valence-electron chi connectivity index (χ3n) is 2.00. The van der Waals surface area contributed by atoms with Gasteiger partial charge in [0.25, 0.3) is 5.97 Å². The first-order valence-electron chi connectivity index (χ1n) is 5.26. The molecule has 0 saturated heterocycles. The Morgan fingerprint density at radius 3 is 1.07 bits per heavy atom.